The Morgan fingerprint density at radius 2 is 1.93 bits per heavy atom. The molecule has 4 heterocycles. The van der Waals surface area contributed by atoms with Crippen LogP contribution in [0.5, 0.6) is 0 Å². The largest absolute Gasteiger partial charge is 0.356 e. The van der Waals surface area contributed by atoms with E-state index in [4.69, 9.17) is 0 Å². The number of nitrogens with zero attached hydrogens (tertiary/aromatic N) is 6. The van der Waals surface area contributed by atoms with E-state index in [0.29, 0.717) is 0 Å². The molecular formula is C20H26N6O2S. The minimum absolute atomic E-state index is 0.189. The molecule has 3 aromatic heterocycles. The number of hydrogen-bond acceptors (Lipinski definition) is 7. The molecule has 8 nitrogen and oxygen atoms in total. The summed E-state index contributed by atoms with van der Waals surface area (Å²) in [6.45, 7) is 3.59. The highest BCUT2D eigenvalue weighted by molar-refractivity contribution is 7.90. The number of sulfone groups is 1. The van der Waals surface area contributed by atoms with Crippen LogP contribution in [-0.4, -0.2) is 60.1 Å². The summed E-state index contributed by atoms with van der Waals surface area (Å²) in [5.41, 5.74) is 4.09. The molecule has 1 aliphatic rings. The van der Waals surface area contributed by atoms with Crippen LogP contribution >= 0.6 is 0 Å². The lowest BCUT2D eigenvalue weighted by Crippen LogP contribution is -2.50. The lowest BCUT2D eigenvalue weighted by atomic mass is 10.0. The summed E-state index contributed by atoms with van der Waals surface area (Å²) in [6, 6.07) is 4.13. The zero-order valence-electron chi connectivity index (χ0n) is 17.2. The van der Waals surface area contributed by atoms with Gasteiger partial charge in [0.05, 0.1) is 35.7 Å². The maximum absolute atomic E-state index is 11.5. The fourth-order valence-corrected chi connectivity index (χ4v) is 4.92. The molecule has 0 unspecified atom stereocenters. The highest BCUT2D eigenvalue weighted by atomic mass is 32.2. The van der Waals surface area contributed by atoms with Gasteiger partial charge < -0.3 is 14.4 Å². The summed E-state index contributed by atoms with van der Waals surface area (Å²) in [6.07, 6.45) is 7.62. The third kappa shape index (κ3) is 3.91. The zero-order valence-corrected chi connectivity index (χ0v) is 18.0. The molecule has 0 saturated carbocycles. The van der Waals surface area contributed by atoms with Crippen LogP contribution in [0.25, 0.3) is 11.0 Å². The molecule has 0 spiro atoms. The van der Waals surface area contributed by atoms with Gasteiger partial charge in [0.25, 0.3) is 0 Å². The molecule has 0 bridgehead atoms. The minimum atomic E-state index is -2.93. The molecule has 1 fully saturated rings. The Morgan fingerprint density at radius 1 is 1.17 bits per heavy atom. The van der Waals surface area contributed by atoms with Crippen LogP contribution in [0.2, 0.25) is 0 Å². The summed E-state index contributed by atoms with van der Waals surface area (Å²) in [7, 11) is 1.03. The van der Waals surface area contributed by atoms with Gasteiger partial charge in [0.2, 0.25) is 0 Å². The van der Waals surface area contributed by atoms with E-state index in [9.17, 15) is 8.42 Å². The summed E-state index contributed by atoms with van der Waals surface area (Å²) in [5, 5.41) is 0. The van der Waals surface area contributed by atoms with Crippen molar-refractivity contribution in [1.29, 1.82) is 0 Å². The second kappa shape index (κ2) is 7.29. The second-order valence-electron chi connectivity index (χ2n) is 7.83. The molecule has 1 aliphatic heterocycles. The number of anilines is 3. The Kier molecular flexibility index (Phi) is 4.94. The van der Waals surface area contributed by atoms with Gasteiger partial charge in [-0.3, -0.25) is 0 Å². The first kappa shape index (κ1) is 19.6. The van der Waals surface area contributed by atoms with Crippen LogP contribution in [0.15, 0.2) is 30.9 Å². The van der Waals surface area contributed by atoms with Gasteiger partial charge in [-0.15, -0.1) is 0 Å². The smallest absolute Gasteiger partial charge is 0.147 e. The van der Waals surface area contributed by atoms with E-state index in [1.54, 1.807) is 12.5 Å². The van der Waals surface area contributed by atoms with Crippen LogP contribution in [0.4, 0.5) is 17.3 Å². The summed E-state index contributed by atoms with van der Waals surface area (Å²) >= 11 is 0. The first-order chi connectivity index (χ1) is 13.7. The van der Waals surface area contributed by atoms with Crippen molar-refractivity contribution in [2.45, 2.75) is 13.3 Å². The van der Waals surface area contributed by atoms with Crippen LogP contribution in [0, 0.1) is 5.92 Å². The molecule has 0 radical (unpaired) electrons. The predicted molar refractivity (Wildman–Crippen MR) is 116 cm³/mol. The monoisotopic (exact) mass is 414 g/mol. The Bertz CT molecular complexity index is 1150. The fourth-order valence-electron chi connectivity index (χ4n) is 3.85. The molecule has 0 aliphatic carbocycles. The molecule has 29 heavy (non-hydrogen) atoms. The average Bonchev–Trinajstić information content (AvgIpc) is 3.03. The molecule has 1 saturated heterocycles. The Labute approximate surface area is 171 Å². The number of hydrogen-bond donors (Lipinski definition) is 0. The van der Waals surface area contributed by atoms with Gasteiger partial charge in [-0.2, -0.15) is 0 Å². The lowest BCUT2D eigenvalue weighted by Gasteiger charge is -2.40. The first-order valence-electron chi connectivity index (χ1n) is 9.67. The van der Waals surface area contributed by atoms with Gasteiger partial charge in [0.1, 0.15) is 27.0 Å². The maximum atomic E-state index is 11.5. The van der Waals surface area contributed by atoms with E-state index in [1.165, 1.54) is 11.8 Å². The van der Waals surface area contributed by atoms with Crippen LogP contribution in [-0.2, 0) is 23.3 Å². The van der Waals surface area contributed by atoms with Gasteiger partial charge in [0.15, 0.2) is 0 Å². The number of rotatable bonds is 6. The number of imidazole rings is 1. The van der Waals surface area contributed by atoms with Crippen molar-refractivity contribution in [3.8, 4) is 0 Å². The number of pyridine rings is 2. The van der Waals surface area contributed by atoms with Crippen molar-refractivity contribution in [3.05, 3.63) is 36.4 Å². The molecular weight excluding hydrogens is 388 g/mol. The van der Waals surface area contributed by atoms with E-state index < -0.39 is 9.84 Å². The van der Waals surface area contributed by atoms with Crippen LogP contribution in [0.3, 0.4) is 0 Å². The van der Waals surface area contributed by atoms with Crippen molar-refractivity contribution >= 4 is 38.2 Å². The van der Waals surface area contributed by atoms with Crippen molar-refractivity contribution < 1.29 is 8.42 Å². The van der Waals surface area contributed by atoms with Gasteiger partial charge in [-0.1, -0.05) is 6.92 Å². The molecule has 154 valence electrons. The average molecular weight is 415 g/mol. The van der Waals surface area contributed by atoms with Crippen molar-refractivity contribution in [2.24, 2.45) is 13.0 Å². The lowest BCUT2D eigenvalue weighted by molar-refractivity contribution is 0.441. The van der Waals surface area contributed by atoms with Crippen LogP contribution < -0.4 is 9.80 Å². The van der Waals surface area contributed by atoms with Gasteiger partial charge >= 0.3 is 0 Å². The van der Waals surface area contributed by atoms with E-state index in [0.717, 1.165) is 47.9 Å². The van der Waals surface area contributed by atoms with E-state index in [2.05, 4.69) is 32.8 Å². The van der Waals surface area contributed by atoms with Gasteiger partial charge in [-0.25, -0.2) is 23.4 Å². The van der Waals surface area contributed by atoms with Crippen LogP contribution in [0.1, 0.15) is 12.5 Å². The molecule has 3 aromatic rings. The fraction of sp³-hybridized carbons (Fsp3) is 0.450. The highest BCUT2D eigenvalue weighted by Gasteiger charge is 2.30. The normalized spacial score (nSPS) is 15.0. The zero-order chi connectivity index (χ0) is 20.8. The summed E-state index contributed by atoms with van der Waals surface area (Å²) < 4.78 is 24.9. The summed E-state index contributed by atoms with van der Waals surface area (Å²) in [5.74, 6) is 2.17. The quantitative estimate of drug-likeness (QED) is 0.611. The Morgan fingerprint density at radius 3 is 2.62 bits per heavy atom. The number of aryl methyl sites for hydroxylation is 2. The Balaban J connectivity index is 1.55. The number of fused-ring (bicyclic) bond motifs is 1. The molecule has 0 atom stereocenters. The van der Waals surface area contributed by atoms with E-state index in [1.807, 2.05) is 35.8 Å². The second-order valence-corrected chi connectivity index (χ2v) is 10.0. The third-order valence-corrected chi connectivity index (χ3v) is 6.53. The Hall–Kier alpha value is -2.68. The molecule has 9 heteroatoms. The van der Waals surface area contributed by atoms with Gasteiger partial charge in [-0.05, 0) is 18.1 Å². The molecule has 0 aromatic carbocycles. The number of aromatic nitrogens is 4. The van der Waals surface area contributed by atoms with Crippen molar-refractivity contribution in [2.75, 3.05) is 41.9 Å². The first-order valence-corrected chi connectivity index (χ1v) is 11.7. The molecule has 4 rings (SSSR count). The molecule has 0 N–H and O–H groups in total. The van der Waals surface area contributed by atoms with E-state index in [-0.39, 0.29) is 11.7 Å². The third-order valence-electron chi connectivity index (χ3n) is 5.45. The summed E-state index contributed by atoms with van der Waals surface area (Å²) in [4.78, 5) is 17.7. The SMILES string of the molecule is CCc1cc(N2CC(CS(C)(=O)=O)C2)ncc1N(C)c1cc2c(cn1)ncn2C. The highest BCUT2D eigenvalue weighted by Crippen LogP contribution is 2.31. The predicted octanol–water partition coefficient (Wildman–Crippen LogP) is 2.17. The maximum Gasteiger partial charge on any atom is 0.147 e. The minimum Gasteiger partial charge on any atom is -0.356 e. The standard InChI is InChI=1S/C20H26N6O2S/c1-5-15-6-20(26-10-14(11-26)12-29(4,27)28)22-9-18(15)25(3)19-7-17-16(8-21-19)23-13-24(17)2/h6-9,13-14H,5,10-12H2,1-4H3. The molecule has 0 amide bonds. The van der Waals surface area contributed by atoms with Crippen molar-refractivity contribution in [1.82, 2.24) is 19.5 Å². The van der Waals surface area contributed by atoms with Crippen molar-refractivity contribution in [3.63, 3.8) is 0 Å². The van der Waals surface area contributed by atoms with E-state index >= 15 is 0 Å². The van der Waals surface area contributed by atoms with Gasteiger partial charge in [0, 0.05) is 45.4 Å². The topological polar surface area (TPSA) is 84.2 Å².